The summed E-state index contributed by atoms with van der Waals surface area (Å²) in [5, 5.41) is 43.4. The number of thiophene rings is 1. The summed E-state index contributed by atoms with van der Waals surface area (Å²) in [4.78, 5) is 10.9. The molecule has 3 fully saturated rings. The molecule has 0 saturated heterocycles. The highest BCUT2D eigenvalue weighted by atomic mass is 35.5. The van der Waals surface area contributed by atoms with Crippen molar-refractivity contribution in [3.05, 3.63) is 21.3 Å². The third-order valence-corrected chi connectivity index (χ3v) is 10.5. The molecule has 3 aliphatic rings. The molecule has 3 aliphatic carbocycles. The van der Waals surface area contributed by atoms with Crippen LogP contribution in [0.2, 0.25) is 4.34 Å². The largest absolute Gasteiger partial charge is 0.394 e. The Balaban J connectivity index is 1.16. The zero-order valence-corrected chi connectivity index (χ0v) is 23.6. The van der Waals surface area contributed by atoms with Gasteiger partial charge in [0.1, 0.15) is 6.10 Å². The van der Waals surface area contributed by atoms with Gasteiger partial charge in [0.25, 0.3) is 0 Å². The summed E-state index contributed by atoms with van der Waals surface area (Å²) in [5.41, 5.74) is 1.05. The fraction of sp³-hybridized carbons (Fsp3) is 0.680. The fourth-order valence-electron chi connectivity index (χ4n) is 5.92. The normalized spacial score (nSPS) is 31.9. The smallest absolute Gasteiger partial charge is 0.191 e. The van der Waals surface area contributed by atoms with Crippen molar-refractivity contribution >= 4 is 51.7 Å². The monoisotopic (exact) mass is 580 g/mol. The summed E-state index contributed by atoms with van der Waals surface area (Å²) in [6.07, 6.45) is 2.11. The van der Waals surface area contributed by atoms with E-state index in [9.17, 15) is 10.2 Å². The number of aliphatic hydroxyl groups is 3. The summed E-state index contributed by atoms with van der Waals surface area (Å²) in [6, 6.07) is 4.32. The molecule has 4 N–H and O–H groups in total. The molecule has 0 aromatic carbocycles. The van der Waals surface area contributed by atoms with E-state index >= 15 is 0 Å². The predicted molar refractivity (Wildman–Crippen MR) is 147 cm³/mol. The predicted octanol–water partition coefficient (Wildman–Crippen LogP) is 3.31. The van der Waals surface area contributed by atoms with Gasteiger partial charge in [0, 0.05) is 34.5 Å². The standard InChI is InChI=1S/C25H33ClN6O4S2/c1-2-9-37-24-28-22(27-15-10-14(15)17-3-4-18(26)38-17)19-23(29-24)32(31-30-19)6-5-13-11-25(13)12-16(36-8-7-33)20(34)21(25)35/h3-4,13-16,20-21,33-35H,2,5-12H2,1H3,(H,27,28,29)/t13-,14+,15+,16-,20+,21+,25+/m0/s1. The second kappa shape index (κ2) is 10.8. The molecule has 7 atom stereocenters. The van der Waals surface area contributed by atoms with Crippen molar-refractivity contribution in [1.82, 2.24) is 25.0 Å². The van der Waals surface area contributed by atoms with Gasteiger partial charge in [0.05, 0.1) is 29.8 Å². The fourth-order valence-corrected chi connectivity index (χ4v) is 7.85. The Morgan fingerprint density at radius 3 is 2.92 bits per heavy atom. The molecule has 0 bridgehead atoms. The lowest BCUT2D eigenvalue weighted by molar-refractivity contribution is -0.0646. The quantitative estimate of drug-likeness (QED) is 0.186. The number of halogens is 1. The van der Waals surface area contributed by atoms with E-state index in [1.807, 2.05) is 10.7 Å². The molecule has 0 unspecified atom stereocenters. The van der Waals surface area contributed by atoms with Crippen LogP contribution in [0, 0.1) is 11.3 Å². The topological polar surface area (TPSA) is 138 Å². The van der Waals surface area contributed by atoms with E-state index in [1.54, 1.807) is 23.1 Å². The van der Waals surface area contributed by atoms with Crippen LogP contribution in [0.25, 0.3) is 11.2 Å². The van der Waals surface area contributed by atoms with Crippen LogP contribution >= 0.6 is 34.7 Å². The van der Waals surface area contributed by atoms with E-state index in [2.05, 4.69) is 28.6 Å². The number of aryl methyl sites for hydroxylation is 1. The van der Waals surface area contributed by atoms with E-state index in [0.29, 0.717) is 35.2 Å². The molecule has 0 amide bonds. The first-order valence-electron chi connectivity index (χ1n) is 13.3. The SMILES string of the molecule is CCCSc1nc(N[C@@H]2C[C@H]2c2ccc(Cl)s2)c2nnn(CC[C@H]3C[C@@]34C[C@H](OCCO)[C@@H](O)[C@H]4O)c2n1. The first-order valence-corrected chi connectivity index (χ1v) is 15.5. The number of hydrogen-bond acceptors (Lipinski definition) is 11. The van der Waals surface area contributed by atoms with Crippen molar-refractivity contribution in [2.75, 3.05) is 24.3 Å². The third-order valence-electron chi connectivity index (χ3n) is 8.12. The number of aromatic nitrogens is 5. The van der Waals surface area contributed by atoms with Crippen LogP contribution in [-0.4, -0.2) is 83.6 Å². The Morgan fingerprint density at radius 2 is 2.16 bits per heavy atom. The second-order valence-electron chi connectivity index (χ2n) is 10.6. The molecule has 10 nitrogen and oxygen atoms in total. The first kappa shape index (κ1) is 26.7. The summed E-state index contributed by atoms with van der Waals surface area (Å²) in [7, 11) is 0. The van der Waals surface area contributed by atoms with Gasteiger partial charge < -0.3 is 25.4 Å². The maximum Gasteiger partial charge on any atom is 0.191 e. The minimum Gasteiger partial charge on any atom is -0.394 e. The van der Waals surface area contributed by atoms with Crippen LogP contribution in [0.5, 0.6) is 0 Å². The van der Waals surface area contributed by atoms with Crippen LogP contribution in [0.3, 0.4) is 0 Å². The van der Waals surface area contributed by atoms with Gasteiger partial charge in [-0.2, -0.15) is 0 Å². The highest BCUT2D eigenvalue weighted by molar-refractivity contribution is 7.99. The number of hydrogen-bond donors (Lipinski definition) is 4. The molecule has 206 valence electrons. The average Bonchev–Trinajstić information content (AvgIpc) is 3.69. The number of fused-ring (bicyclic) bond motifs is 1. The lowest BCUT2D eigenvalue weighted by atomic mass is 9.97. The van der Waals surface area contributed by atoms with E-state index < -0.39 is 18.3 Å². The molecule has 0 aliphatic heterocycles. The maximum absolute atomic E-state index is 10.7. The highest BCUT2D eigenvalue weighted by Gasteiger charge is 2.66. The van der Waals surface area contributed by atoms with E-state index in [-0.39, 0.29) is 30.6 Å². The van der Waals surface area contributed by atoms with Gasteiger partial charge >= 0.3 is 0 Å². The maximum atomic E-state index is 10.7. The van der Waals surface area contributed by atoms with Crippen LogP contribution in [-0.2, 0) is 11.3 Å². The minimum absolute atomic E-state index is 0.101. The Kier molecular flexibility index (Phi) is 7.58. The van der Waals surface area contributed by atoms with E-state index in [1.165, 1.54) is 4.88 Å². The van der Waals surface area contributed by atoms with Gasteiger partial charge in [0.2, 0.25) is 0 Å². The molecule has 13 heteroatoms. The van der Waals surface area contributed by atoms with Crippen molar-refractivity contribution in [3.63, 3.8) is 0 Å². The Hall–Kier alpha value is -1.54. The van der Waals surface area contributed by atoms with Crippen LogP contribution < -0.4 is 5.32 Å². The van der Waals surface area contributed by atoms with Gasteiger partial charge in [-0.25, -0.2) is 14.6 Å². The summed E-state index contributed by atoms with van der Waals surface area (Å²) in [5.74, 6) is 2.32. The van der Waals surface area contributed by atoms with E-state index in [4.69, 9.17) is 31.4 Å². The zero-order chi connectivity index (χ0) is 26.4. The lowest BCUT2D eigenvalue weighted by Crippen LogP contribution is -2.33. The van der Waals surface area contributed by atoms with E-state index in [0.717, 1.165) is 41.6 Å². The Bertz CT molecular complexity index is 1290. The van der Waals surface area contributed by atoms with Crippen molar-refractivity contribution in [2.24, 2.45) is 11.3 Å². The van der Waals surface area contributed by atoms with Crippen LogP contribution in [0.4, 0.5) is 5.82 Å². The molecule has 3 saturated carbocycles. The summed E-state index contributed by atoms with van der Waals surface area (Å²) >= 11 is 9.40. The number of thioether (sulfide) groups is 1. The molecule has 38 heavy (non-hydrogen) atoms. The molecule has 0 radical (unpaired) electrons. The minimum atomic E-state index is -0.922. The lowest BCUT2D eigenvalue weighted by Gasteiger charge is -2.17. The van der Waals surface area contributed by atoms with Gasteiger partial charge in [-0.15, -0.1) is 16.4 Å². The molecule has 1 spiro atoms. The van der Waals surface area contributed by atoms with Gasteiger partial charge in [0.15, 0.2) is 22.1 Å². The highest BCUT2D eigenvalue weighted by Crippen LogP contribution is 2.64. The molecular formula is C25H33ClN6O4S2. The Morgan fingerprint density at radius 1 is 1.29 bits per heavy atom. The van der Waals surface area contributed by atoms with Crippen molar-refractivity contribution in [3.8, 4) is 0 Å². The third kappa shape index (κ3) is 5.04. The number of nitrogens with zero attached hydrogens (tertiary/aromatic N) is 5. The second-order valence-corrected chi connectivity index (χ2v) is 13.4. The zero-order valence-electron chi connectivity index (χ0n) is 21.2. The summed E-state index contributed by atoms with van der Waals surface area (Å²) in [6.45, 7) is 2.81. The number of rotatable bonds is 12. The van der Waals surface area contributed by atoms with Gasteiger partial charge in [-0.05, 0) is 50.2 Å². The first-order chi connectivity index (χ1) is 18.4. The number of anilines is 1. The van der Waals surface area contributed by atoms with Crippen molar-refractivity contribution < 1.29 is 20.1 Å². The molecule has 3 aromatic rings. The molecule has 3 aromatic heterocycles. The number of nitrogens with one attached hydrogen (secondary N) is 1. The Labute approximate surface area is 234 Å². The summed E-state index contributed by atoms with van der Waals surface area (Å²) < 4.78 is 8.22. The van der Waals surface area contributed by atoms with Crippen LogP contribution in [0.1, 0.15) is 49.8 Å². The van der Waals surface area contributed by atoms with Gasteiger partial charge in [-0.1, -0.05) is 35.5 Å². The van der Waals surface area contributed by atoms with Crippen molar-refractivity contribution in [1.29, 1.82) is 0 Å². The molecule has 3 heterocycles. The van der Waals surface area contributed by atoms with Gasteiger partial charge in [-0.3, -0.25) is 0 Å². The molecular weight excluding hydrogens is 548 g/mol. The number of ether oxygens (including phenoxy) is 1. The van der Waals surface area contributed by atoms with Crippen molar-refractivity contribution in [2.45, 2.75) is 81.0 Å². The molecule has 6 rings (SSSR count). The number of aliphatic hydroxyl groups excluding tert-OH is 3. The van der Waals surface area contributed by atoms with Crippen LogP contribution in [0.15, 0.2) is 17.3 Å². The average molecular weight is 581 g/mol.